The zero-order chi connectivity index (χ0) is 57.8. The molecule has 85 heavy (non-hydrogen) atoms. The molecule has 0 aliphatic carbocycles. The average molecular weight is 1270 g/mol. The lowest BCUT2D eigenvalue weighted by Gasteiger charge is -2.37. The number of halogens is 4. The van der Waals surface area contributed by atoms with E-state index in [0.29, 0.717) is 43.5 Å². The van der Waals surface area contributed by atoms with Gasteiger partial charge in [0.2, 0.25) is 0 Å². The van der Waals surface area contributed by atoms with Crippen molar-refractivity contribution < 1.29 is 19.1 Å². The van der Waals surface area contributed by atoms with E-state index in [1.807, 2.05) is 113 Å². The predicted molar refractivity (Wildman–Crippen MR) is 367 cm³/mol. The highest BCUT2D eigenvalue weighted by molar-refractivity contribution is 6.75. The highest BCUT2D eigenvalue weighted by Gasteiger charge is 2.40. The van der Waals surface area contributed by atoms with Gasteiger partial charge in [0.25, 0.3) is 16.6 Å². The van der Waals surface area contributed by atoms with E-state index in [1.165, 1.54) is 11.1 Å². The average Bonchev–Trinajstić information content (AvgIpc) is 3.66. The number of hydrogen-bond donors (Lipinski definition) is 4. The van der Waals surface area contributed by atoms with Crippen molar-refractivity contribution in [3.63, 3.8) is 0 Å². The highest BCUT2D eigenvalue weighted by Crippen LogP contribution is 2.43. The van der Waals surface area contributed by atoms with Crippen molar-refractivity contribution in [2.75, 3.05) is 0 Å². The fourth-order valence-electron chi connectivity index (χ4n) is 7.43. The first-order valence-corrected chi connectivity index (χ1v) is 33.3. The molecular formula is C67H88Cl4N8O4Si2. The number of phenols is 2. The molecule has 0 atom stereocenters. The molecule has 0 amide bonds. The van der Waals surface area contributed by atoms with Crippen LogP contribution in [-0.2, 0) is 13.1 Å². The molecule has 0 aliphatic rings. The standard InChI is InChI=1S/C22H27ClN2OSi.C16H13ClN2O.C15H21ClN2OSi.C9H7ClN2O.5CH4/c1-22(2,3)27(4,5)26-21-12-11-18(23)15-19(21)20-13-14-25(24-20)16-17-9-7-6-8-10-17;17-13-6-7-16(20)14(10-13)15-8-9-19(18-15)11-12-4-2-1-3-5-12;1-15(2,3)20(4,5)19-14-7-6-11(16)10-12(14)13-8-9-17-18-13;10-6-1-2-9(13)7(5-6)8-3-4-11-12-8;;;;;/h6-15H,16H2,1-5H3;1-10,20H,11H2;6-10H,1-5H3,(H,17,18);1-5,13H,(H,11,12);5*1H4. The molecule has 0 spiro atoms. The first-order valence-electron chi connectivity index (χ1n) is 25.9. The molecule has 0 radical (unpaired) electrons. The normalized spacial score (nSPS) is 10.9. The zero-order valence-electron chi connectivity index (χ0n) is 46.6. The number of benzene rings is 6. The molecule has 0 saturated heterocycles. The third-order valence-electron chi connectivity index (χ3n) is 13.9. The van der Waals surface area contributed by atoms with Crippen LogP contribution in [0.15, 0.2) is 183 Å². The summed E-state index contributed by atoms with van der Waals surface area (Å²) in [6.07, 6.45) is 7.24. The summed E-state index contributed by atoms with van der Waals surface area (Å²) in [5.41, 5.74) is 8.85. The van der Waals surface area contributed by atoms with Gasteiger partial charge in [0.05, 0.1) is 35.9 Å². The van der Waals surface area contributed by atoms with Gasteiger partial charge in [-0.3, -0.25) is 19.6 Å². The van der Waals surface area contributed by atoms with Crippen molar-refractivity contribution in [3.8, 4) is 68.0 Å². The fourth-order valence-corrected chi connectivity index (χ4v) is 10.2. The minimum absolute atomic E-state index is 0. The van der Waals surface area contributed by atoms with E-state index >= 15 is 0 Å². The predicted octanol–water partition coefficient (Wildman–Crippen LogP) is 21.3. The van der Waals surface area contributed by atoms with Crippen LogP contribution in [0, 0.1) is 0 Å². The molecule has 4 N–H and O–H groups in total. The van der Waals surface area contributed by atoms with E-state index in [1.54, 1.807) is 54.9 Å². The SMILES string of the molecule is C.C.C.C.C.CC(C)(C)[Si](C)(C)Oc1ccc(Cl)cc1-c1ccn(Cc2ccccc2)n1.CC(C)(C)[Si](C)(C)Oc1ccc(Cl)cc1-c1ccn[nH]1.Oc1ccc(Cl)cc1-c1ccn(Cc2ccccc2)n1.Oc1ccc(Cl)cc1-c1ccn[nH]1. The maximum Gasteiger partial charge on any atom is 0.250 e. The second-order valence-corrected chi connectivity index (χ2v) is 33.2. The number of aromatic nitrogens is 8. The number of aromatic hydroxyl groups is 2. The van der Waals surface area contributed by atoms with Crippen molar-refractivity contribution in [2.45, 2.75) is 128 Å². The van der Waals surface area contributed by atoms with Crippen LogP contribution in [0.3, 0.4) is 0 Å². The third-order valence-corrected chi connectivity index (χ3v) is 23.6. The Labute approximate surface area is 528 Å². The number of hydrogen-bond acceptors (Lipinski definition) is 8. The molecule has 0 unspecified atom stereocenters. The Morgan fingerprint density at radius 2 is 0.776 bits per heavy atom. The van der Waals surface area contributed by atoms with Gasteiger partial charge in [-0.15, -0.1) is 0 Å². The van der Waals surface area contributed by atoms with Crippen LogP contribution < -0.4 is 8.85 Å². The molecule has 456 valence electrons. The van der Waals surface area contributed by atoms with E-state index < -0.39 is 16.6 Å². The molecule has 10 aromatic rings. The van der Waals surface area contributed by atoms with Crippen LogP contribution in [0.1, 0.15) is 89.8 Å². The van der Waals surface area contributed by atoms with Gasteiger partial charge in [-0.1, -0.05) is 186 Å². The van der Waals surface area contributed by atoms with E-state index in [0.717, 1.165) is 46.3 Å². The van der Waals surface area contributed by atoms with E-state index in [4.69, 9.17) is 60.4 Å². The summed E-state index contributed by atoms with van der Waals surface area (Å²) in [7, 11) is -3.84. The zero-order valence-corrected chi connectivity index (χ0v) is 51.7. The monoisotopic (exact) mass is 1260 g/mol. The Morgan fingerprint density at radius 3 is 1.18 bits per heavy atom. The number of nitrogens with zero attached hydrogens (tertiary/aromatic N) is 6. The van der Waals surface area contributed by atoms with Crippen LogP contribution in [0.5, 0.6) is 23.0 Å². The van der Waals surface area contributed by atoms with Crippen LogP contribution in [0.4, 0.5) is 0 Å². The Morgan fingerprint density at radius 1 is 0.435 bits per heavy atom. The molecule has 0 aliphatic heterocycles. The molecule has 18 heteroatoms. The van der Waals surface area contributed by atoms with Crippen molar-refractivity contribution in [2.24, 2.45) is 0 Å². The van der Waals surface area contributed by atoms with E-state index in [-0.39, 0.29) is 58.7 Å². The van der Waals surface area contributed by atoms with Gasteiger partial charge in [-0.25, -0.2) is 0 Å². The lowest BCUT2D eigenvalue weighted by atomic mass is 10.1. The van der Waals surface area contributed by atoms with Crippen molar-refractivity contribution >= 4 is 63.0 Å². The summed E-state index contributed by atoms with van der Waals surface area (Å²) >= 11 is 24.1. The number of rotatable bonds is 12. The van der Waals surface area contributed by atoms with Gasteiger partial charge in [-0.05, 0) is 144 Å². The molecule has 4 heterocycles. The minimum atomic E-state index is -1.96. The summed E-state index contributed by atoms with van der Waals surface area (Å²) in [4.78, 5) is 0. The molecule has 6 aromatic carbocycles. The third kappa shape index (κ3) is 20.6. The Hall–Kier alpha value is -7.05. The van der Waals surface area contributed by atoms with Gasteiger partial charge in [0, 0.05) is 67.1 Å². The summed E-state index contributed by atoms with van der Waals surface area (Å²) < 4.78 is 16.8. The van der Waals surface area contributed by atoms with Gasteiger partial charge >= 0.3 is 0 Å². The van der Waals surface area contributed by atoms with Crippen molar-refractivity contribution in [1.82, 2.24) is 40.0 Å². The van der Waals surface area contributed by atoms with Gasteiger partial charge < -0.3 is 19.1 Å². The summed E-state index contributed by atoms with van der Waals surface area (Å²) in [6, 6.07) is 49.3. The van der Waals surface area contributed by atoms with Gasteiger partial charge in [-0.2, -0.15) is 20.4 Å². The Bertz CT molecular complexity index is 3560. The fraction of sp³-hybridized carbons (Fsp3) is 0.284. The van der Waals surface area contributed by atoms with E-state index in [9.17, 15) is 10.2 Å². The van der Waals surface area contributed by atoms with Crippen LogP contribution >= 0.6 is 46.4 Å². The highest BCUT2D eigenvalue weighted by atomic mass is 35.5. The first-order chi connectivity index (χ1) is 37.9. The smallest absolute Gasteiger partial charge is 0.250 e. The largest absolute Gasteiger partial charge is 0.543 e. The van der Waals surface area contributed by atoms with Crippen LogP contribution in [-0.4, -0.2) is 66.8 Å². The number of phenolic OH excluding ortho intramolecular Hbond substituents is 2. The maximum absolute atomic E-state index is 9.88. The Balaban J connectivity index is 0.000000389. The molecule has 0 fully saturated rings. The number of nitrogens with one attached hydrogen (secondary N) is 2. The van der Waals surface area contributed by atoms with Gasteiger partial charge in [0.1, 0.15) is 23.0 Å². The van der Waals surface area contributed by atoms with Crippen molar-refractivity contribution in [1.29, 1.82) is 0 Å². The maximum atomic E-state index is 9.88. The molecule has 4 aromatic heterocycles. The minimum Gasteiger partial charge on any atom is -0.543 e. The summed E-state index contributed by atoms with van der Waals surface area (Å²) in [6.45, 7) is 23.8. The second-order valence-electron chi connectivity index (χ2n) is 22.0. The Kier molecular flexibility index (Phi) is 28.3. The molecular weight excluding hydrogens is 1180 g/mol. The quantitative estimate of drug-likeness (QED) is 0.0883. The number of aromatic amines is 2. The molecule has 0 saturated carbocycles. The summed E-state index contributed by atoms with van der Waals surface area (Å²) in [5.74, 6) is 2.09. The lowest BCUT2D eigenvalue weighted by molar-refractivity contribution is 0.476. The molecule has 0 bridgehead atoms. The lowest BCUT2D eigenvalue weighted by Crippen LogP contribution is -2.44. The summed E-state index contributed by atoms with van der Waals surface area (Å²) in [5, 5.41) is 45.0. The van der Waals surface area contributed by atoms with Gasteiger partial charge in [0.15, 0.2) is 0 Å². The van der Waals surface area contributed by atoms with Crippen LogP contribution in [0.2, 0.25) is 56.4 Å². The topological polar surface area (TPSA) is 152 Å². The second kappa shape index (κ2) is 32.5. The number of H-pyrrole nitrogens is 2. The molecule has 10 rings (SSSR count). The first kappa shape index (κ1) is 74.1. The van der Waals surface area contributed by atoms with Crippen LogP contribution in [0.25, 0.3) is 45.0 Å². The molecule has 12 nitrogen and oxygen atoms in total. The van der Waals surface area contributed by atoms with Crippen molar-refractivity contribution in [3.05, 3.63) is 214 Å². The van der Waals surface area contributed by atoms with E-state index in [2.05, 4.69) is 117 Å².